The number of hydrogen-bond acceptors (Lipinski definition) is 4. The Kier molecular flexibility index (Phi) is 6.58. The standard InChI is InChI=1S/C28H32FN3O2/c1-2-24(33)8-5-20-6-9-25-21(17-20)11-16-32(28(25)34)22-7-10-27(26(29)18-22)31-15-12-23(19-31)30-13-3-4-14-30/h6-7,9-10,17-18,23-24,33H,2-4,11-16,19H2,1H3/t23-,24?/m1/s1. The number of benzene rings is 2. The third-order valence-electron chi connectivity index (χ3n) is 7.36. The Morgan fingerprint density at radius 1 is 1.12 bits per heavy atom. The Labute approximate surface area is 201 Å². The van der Waals surface area contributed by atoms with E-state index in [9.17, 15) is 9.90 Å². The van der Waals surface area contributed by atoms with Crippen molar-refractivity contribution in [2.75, 3.05) is 42.5 Å². The molecule has 5 rings (SSSR count). The summed E-state index contributed by atoms with van der Waals surface area (Å²) in [4.78, 5) is 19.5. The van der Waals surface area contributed by atoms with Gasteiger partial charge in [0.2, 0.25) is 0 Å². The number of halogens is 1. The van der Waals surface area contributed by atoms with Crippen LogP contribution in [0.15, 0.2) is 36.4 Å². The van der Waals surface area contributed by atoms with E-state index in [0.29, 0.717) is 42.4 Å². The Bertz CT molecular complexity index is 1130. The second-order valence-corrected chi connectivity index (χ2v) is 9.54. The van der Waals surface area contributed by atoms with Gasteiger partial charge in [0.1, 0.15) is 11.9 Å². The van der Waals surface area contributed by atoms with E-state index in [0.717, 1.165) is 43.7 Å². The van der Waals surface area contributed by atoms with Crippen molar-refractivity contribution >= 4 is 17.3 Å². The van der Waals surface area contributed by atoms with E-state index < -0.39 is 6.10 Å². The van der Waals surface area contributed by atoms with E-state index in [1.165, 1.54) is 18.9 Å². The van der Waals surface area contributed by atoms with E-state index in [1.54, 1.807) is 11.0 Å². The van der Waals surface area contributed by atoms with Crippen molar-refractivity contribution in [3.63, 3.8) is 0 Å². The maximum absolute atomic E-state index is 15.2. The van der Waals surface area contributed by atoms with Gasteiger partial charge in [0.25, 0.3) is 5.91 Å². The van der Waals surface area contributed by atoms with Crippen LogP contribution in [-0.4, -0.2) is 60.8 Å². The SMILES string of the molecule is CCC(O)C#Cc1ccc2c(c1)CCN(c1ccc(N3CC[C@@H](N4CCCC4)C3)c(F)c1)C2=O. The first-order chi connectivity index (χ1) is 16.5. The number of amides is 1. The van der Waals surface area contributed by atoms with Gasteiger partial charge in [-0.15, -0.1) is 0 Å². The molecule has 3 heterocycles. The summed E-state index contributed by atoms with van der Waals surface area (Å²) in [5.74, 6) is 5.42. The summed E-state index contributed by atoms with van der Waals surface area (Å²) >= 11 is 0. The van der Waals surface area contributed by atoms with Gasteiger partial charge in [0.05, 0.1) is 5.69 Å². The van der Waals surface area contributed by atoms with Gasteiger partial charge in [-0.05, 0) is 87.2 Å². The molecule has 2 atom stereocenters. The average molecular weight is 462 g/mol. The number of rotatable bonds is 4. The van der Waals surface area contributed by atoms with Gasteiger partial charge in [0.15, 0.2) is 0 Å². The van der Waals surface area contributed by atoms with Crippen molar-refractivity contribution in [2.24, 2.45) is 0 Å². The molecule has 3 aliphatic heterocycles. The normalized spacial score (nSPS) is 21.4. The third kappa shape index (κ3) is 4.55. The number of aliphatic hydroxyl groups is 1. The number of fused-ring (bicyclic) bond motifs is 1. The zero-order valence-electron chi connectivity index (χ0n) is 19.8. The van der Waals surface area contributed by atoms with Crippen LogP contribution in [0, 0.1) is 17.7 Å². The van der Waals surface area contributed by atoms with Crippen LogP contribution in [-0.2, 0) is 6.42 Å². The first kappa shape index (κ1) is 22.9. The summed E-state index contributed by atoms with van der Waals surface area (Å²) in [7, 11) is 0. The number of carbonyl (C=O) groups is 1. The van der Waals surface area contributed by atoms with Crippen molar-refractivity contribution in [2.45, 2.75) is 51.2 Å². The van der Waals surface area contributed by atoms with E-state index in [4.69, 9.17) is 0 Å². The molecule has 3 aliphatic rings. The molecule has 1 unspecified atom stereocenters. The Balaban J connectivity index is 1.30. The highest BCUT2D eigenvalue weighted by molar-refractivity contribution is 6.08. The molecule has 0 spiro atoms. The second kappa shape index (κ2) is 9.77. The van der Waals surface area contributed by atoms with Gasteiger partial charge >= 0.3 is 0 Å². The highest BCUT2D eigenvalue weighted by Crippen LogP contribution is 2.32. The molecule has 0 aliphatic carbocycles. The number of likely N-dealkylation sites (tertiary alicyclic amines) is 1. The number of carbonyl (C=O) groups excluding carboxylic acids is 1. The fraction of sp³-hybridized carbons (Fsp3) is 0.464. The van der Waals surface area contributed by atoms with Crippen LogP contribution < -0.4 is 9.80 Å². The third-order valence-corrected chi connectivity index (χ3v) is 7.36. The minimum absolute atomic E-state index is 0.114. The lowest BCUT2D eigenvalue weighted by Gasteiger charge is -2.30. The second-order valence-electron chi connectivity index (χ2n) is 9.54. The molecule has 178 valence electrons. The van der Waals surface area contributed by atoms with E-state index >= 15 is 4.39 Å². The summed E-state index contributed by atoms with van der Waals surface area (Å²) < 4.78 is 15.2. The largest absolute Gasteiger partial charge is 0.380 e. The summed E-state index contributed by atoms with van der Waals surface area (Å²) in [5, 5.41) is 9.66. The highest BCUT2D eigenvalue weighted by atomic mass is 19.1. The Hall–Kier alpha value is -2.88. The summed E-state index contributed by atoms with van der Waals surface area (Å²) in [6.45, 7) is 6.44. The first-order valence-corrected chi connectivity index (χ1v) is 12.5. The highest BCUT2D eigenvalue weighted by Gasteiger charge is 2.31. The van der Waals surface area contributed by atoms with Crippen LogP contribution in [0.5, 0.6) is 0 Å². The summed E-state index contributed by atoms with van der Waals surface area (Å²) in [6, 6.07) is 11.2. The molecule has 2 fully saturated rings. The molecule has 5 nitrogen and oxygen atoms in total. The zero-order valence-corrected chi connectivity index (χ0v) is 19.8. The van der Waals surface area contributed by atoms with E-state index in [2.05, 4.69) is 21.6 Å². The lowest BCUT2D eigenvalue weighted by atomic mass is 9.96. The van der Waals surface area contributed by atoms with Crippen molar-refractivity contribution in [3.8, 4) is 11.8 Å². The molecule has 0 radical (unpaired) electrons. The molecule has 0 aromatic heterocycles. The minimum atomic E-state index is -0.641. The zero-order chi connectivity index (χ0) is 23.7. The lowest BCUT2D eigenvalue weighted by molar-refractivity contribution is 0.0980. The van der Waals surface area contributed by atoms with Crippen LogP contribution >= 0.6 is 0 Å². The molecule has 1 N–H and O–H groups in total. The molecular weight excluding hydrogens is 429 g/mol. The molecule has 0 bridgehead atoms. The van der Waals surface area contributed by atoms with Crippen LogP contribution in [0.3, 0.4) is 0 Å². The minimum Gasteiger partial charge on any atom is -0.380 e. The first-order valence-electron chi connectivity index (χ1n) is 12.5. The van der Waals surface area contributed by atoms with Gasteiger partial charge in [-0.1, -0.05) is 18.8 Å². The predicted octanol–water partition coefficient (Wildman–Crippen LogP) is 3.83. The maximum Gasteiger partial charge on any atom is 0.258 e. The van der Waals surface area contributed by atoms with Gasteiger partial charge < -0.3 is 14.9 Å². The smallest absolute Gasteiger partial charge is 0.258 e. The van der Waals surface area contributed by atoms with E-state index in [1.807, 2.05) is 31.2 Å². The molecule has 0 saturated carbocycles. The number of nitrogens with zero attached hydrogens (tertiary/aromatic N) is 3. The molecule has 34 heavy (non-hydrogen) atoms. The molecule has 2 saturated heterocycles. The topological polar surface area (TPSA) is 47.0 Å². The van der Waals surface area contributed by atoms with Crippen LogP contribution in [0.1, 0.15) is 54.1 Å². The van der Waals surface area contributed by atoms with Gasteiger partial charge in [-0.3, -0.25) is 9.69 Å². The monoisotopic (exact) mass is 461 g/mol. The van der Waals surface area contributed by atoms with Gasteiger partial charge in [-0.25, -0.2) is 4.39 Å². The lowest BCUT2D eigenvalue weighted by Crippen LogP contribution is -2.38. The fourth-order valence-electron chi connectivity index (χ4n) is 5.37. The van der Waals surface area contributed by atoms with Crippen LogP contribution in [0.4, 0.5) is 15.8 Å². The summed E-state index contributed by atoms with van der Waals surface area (Å²) in [5.41, 5.74) is 3.60. The maximum atomic E-state index is 15.2. The molecular formula is C28H32FN3O2. The van der Waals surface area contributed by atoms with Crippen LogP contribution in [0.2, 0.25) is 0 Å². The van der Waals surface area contributed by atoms with Crippen LogP contribution in [0.25, 0.3) is 0 Å². The molecule has 2 aromatic carbocycles. The van der Waals surface area contributed by atoms with Crippen molar-refractivity contribution < 1.29 is 14.3 Å². The Morgan fingerprint density at radius 2 is 1.94 bits per heavy atom. The molecule has 2 aromatic rings. The number of aliphatic hydroxyl groups excluding tert-OH is 1. The Morgan fingerprint density at radius 3 is 2.71 bits per heavy atom. The number of hydrogen-bond donors (Lipinski definition) is 1. The van der Waals surface area contributed by atoms with E-state index in [-0.39, 0.29) is 11.7 Å². The average Bonchev–Trinajstić information content (AvgIpc) is 3.55. The number of anilines is 2. The van der Waals surface area contributed by atoms with Gasteiger partial charge in [0, 0.05) is 42.5 Å². The van der Waals surface area contributed by atoms with Gasteiger partial charge in [-0.2, -0.15) is 0 Å². The quantitative estimate of drug-likeness (QED) is 0.704. The van der Waals surface area contributed by atoms with Crippen molar-refractivity contribution in [3.05, 3.63) is 58.9 Å². The predicted molar refractivity (Wildman–Crippen MR) is 133 cm³/mol. The van der Waals surface area contributed by atoms with Crippen molar-refractivity contribution in [1.82, 2.24) is 4.90 Å². The molecule has 1 amide bonds. The molecule has 6 heteroatoms. The summed E-state index contributed by atoms with van der Waals surface area (Å²) in [6.07, 6.45) is 4.23. The van der Waals surface area contributed by atoms with Crippen molar-refractivity contribution in [1.29, 1.82) is 0 Å². The fourth-order valence-corrected chi connectivity index (χ4v) is 5.37.